The average molecular weight is 279 g/mol. The summed E-state index contributed by atoms with van der Waals surface area (Å²) in [7, 11) is 0. The first-order valence-corrected chi connectivity index (χ1v) is 6.98. The van der Waals surface area contributed by atoms with Gasteiger partial charge in [0.15, 0.2) is 0 Å². The van der Waals surface area contributed by atoms with Gasteiger partial charge in [0.25, 0.3) is 0 Å². The van der Waals surface area contributed by atoms with Crippen LogP contribution < -0.4 is 10.1 Å². The van der Waals surface area contributed by atoms with E-state index >= 15 is 0 Å². The zero-order valence-corrected chi connectivity index (χ0v) is 11.7. The van der Waals surface area contributed by atoms with E-state index < -0.39 is 6.04 Å². The summed E-state index contributed by atoms with van der Waals surface area (Å²) in [6, 6.07) is 7.15. The van der Waals surface area contributed by atoms with Crippen molar-refractivity contribution in [2.24, 2.45) is 0 Å². The van der Waals surface area contributed by atoms with Crippen LogP contribution in [0.4, 0.5) is 0 Å². The van der Waals surface area contributed by atoms with E-state index in [-0.39, 0.29) is 19.2 Å². The molecule has 5 heteroatoms. The number of carbonyl (C=O) groups is 1. The van der Waals surface area contributed by atoms with Gasteiger partial charge in [0.2, 0.25) is 0 Å². The summed E-state index contributed by atoms with van der Waals surface area (Å²) in [5.74, 6) is 0.362. The van der Waals surface area contributed by atoms with E-state index in [4.69, 9.17) is 14.6 Å². The molecule has 0 radical (unpaired) electrons. The number of carbonyl (C=O) groups excluding carboxylic acids is 1. The highest BCUT2D eigenvalue weighted by atomic mass is 16.5. The summed E-state index contributed by atoms with van der Waals surface area (Å²) in [5.41, 5.74) is 0.783. The lowest BCUT2D eigenvalue weighted by atomic mass is 10.2. The Morgan fingerprint density at radius 1 is 1.50 bits per heavy atom. The first-order valence-electron chi connectivity index (χ1n) is 6.98. The zero-order valence-electron chi connectivity index (χ0n) is 11.7. The third-order valence-corrected chi connectivity index (χ3v) is 3.08. The third kappa shape index (κ3) is 4.51. The summed E-state index contributed by atoms with van der Waals surface area (Å²) in [6.45, 7) is 2.35. The van der Waals surface area contributed by atoms with Crippen LogP contribution in [-0.2, 0) is 16.1 Å². The monoisotopic (exact) mass is 279 g/mol. The molecule has 1 aliphatic carbocycles. The highest BCUT2D eigenvalue weighted by molar-refractivity contribution is 5.76. The largest absolute Gasteiger partial charge is 0.491 e. The van der Waals surface area contributed by atoms with E-state index in [2.05, 4.69) is 5.32 Å². The molecule has 0 heterocycles. The Morgan fingerprint density at radius 2 is 2.30 bits per heavy atom. The van der Waals surface area contributed by atoms with Crippen LogP contribution in [0.5, 0.6) is 5.75 Å². The average Bonchev–Trinajstić information content (AvgIpc) is 3.28. The number of benzene rings is 1. The molecule has 1 unspecified atom stereocenters. The topological polar surface area (TPSA) is 67.8 Å². The number of hydrogen-bond donors (Lipinski definition) is 2. The SMILES string of the molecule is CCOC(=O)C(COc1cccc(CO)c1)NC1CC1. The maximum atomic E-state index is 11.8. The van der Waals surface area contributed by atoms with Crippen molar-refractivity contribution in [2.45, 2.75) is 38.5 Å². The fourth-order valence-corrected chi connectivity index (χ4v) is 1.87. The molecule has 0 aliphatic heterocycles. The van der Waals surface area contributed by atoms with Crippen LogP contribution in [-0.4, -0.2) is 36.4 Å². The highest BCUT2D eigenvalue weighted by Crippen LogP contribution is 2.20. The van der Waals surface area contributed by atoms with Gasteiger partial charge in [-0.1, -0.05) is 12.1 Å². The van der Waals surface area contributed by atoms with Gasteiger partial charge in [-0.15, -0.1) is 0 Å². The number of nitrogens with one attached hydrogen (secondary N) is 1. The van der Waals surface area contributed by atoms with E-state index in [1.807, 2.05) is 12.1 Å². The number of aliphatic hydroxyl groups is 1. The molecule has 2 rings (SSSR count). The Labute approximate surface area is 118 Å². The second-order valence-electron chi connectivity index (χ2n) is 4.86. The molecule has 2 N–H and O–H groups in total. The molecule has 0 bridgehead atoms. The van der Waals surface area contributed by atoms with Gasteiger partial charge in [-0.05, 0) is 37.5 Å². The molecule has 0 aromatic heterocycles. The van der Waals surface area contributed by atoms with Crippen molar-refractivity contribution in [3.8, 4) is 5.75 Å². The van der Waals surface area contributed by atoms with Gasteiger partial charge in [-0.3, -0.25) is 10.1 Å². The summed E-state index contributed by atoms with van der Waals surface area (Å²) in [4.78, 5) is 11.8. The lowest BCUT2D eigenvalue weighted by molar-refractivity contribution is -0.146. The van der Waals surface area contributed by atoms with Crippen molar-refractivity contribution in [1.29, 1.82) is 0 Å². The van der Waals surface area contributed by atoms with Gasteiger partial charge in [0.05, 0.1) is 13.2 Å². The second kappa shape index (κ2) is 7.26. The Morgan fingerprint density at radius 3 is 2.95 bits per heavy atom. The zero-order chi connectivity index (χ0) is 14.4. The van der Waals surface area contributed by atoms with E-state index in [1.54, 1.807) is 19.1 Å². The minimum atomic E-state index is -0.444. The normalized spacial score (nSPS) is 15.7. The maximum Gasteiger partial charge on any atom is 0.326 e. The molecule has 1 aromatic carbocycles. The van der Waals surface area contributed by atoms with E-state index in [0.29, 0.717) is 18.4 Å². The van der Waals surface area contributed by atoms with Crippen molar-refractivity contribution in [3.63, 3.8) is 0 Å². The first kappa shape index (κ1) is 14.8. The van der Waals surface area contributed by atoms with E-state index in [9.17, 15) is 4.79 Å². The smallest absolute Gasteiger partial charge is 0.326 e. The lowest BCUT2D eigenvalue weighted by Crippen LogP contribution is -2.43. The number of ether oxygens (including phenoxy) is 2. The molecule has 1 saturated carbocycles. The minimum absolute atomic E-state index is 0.0289. The molecular weight excluding hydrogens is 258 g/mol. The van der Waals surface area contributed by atoms with Crippen LogP contribution in [0, 0.1) is 0 Å². The standard InChI is InChI=1S/C15H21NO4/c1-2-19-15(18)14(16-12-6-7-12)10-20-13-5-3-4-11(8-13)9-17/h3-5,8,12,14,16-17H,2,6-7,9-10H2,1H3. The molecule has 20 heavy (non-hydrogen) atoms. The molecule has 0 spiro atoms. The summed E-state index contributed by atoms with van der Waals surface area (Å²) in [6.07, 6.45) is 2.19. The van der Waals surface area contributed by atoms with Crippen molar-refractivity contribution >= 4 is 5.97 Å². The fourth-order valence-electron chi connectivity index (χ4n) is 1.87. The van der Waals surface area contributed by atoms with Crippen LogP contribution in [0.1, 0.15) is 25.3 Å². The Kier molecular flexibility index (Phi) is 5.38. The predicted molar refractivity (Wildman–Crippen MR) is 74.4 cm³/mol. The van der Waals surface area contributed by atoms with Crippen LogP contribution in [0.3, 0.4) is 0 Å². The van der Waals surface area contributed by atoms with Crippen LogP contribution in [0.2, 0.25) is 0 Å². The summed E-state index contributed by atoms with van der Waals surface area (Å²) in [5, 5.41) is 12.3. The van der Waals surface area contributed by atoms with Gasteiger partial charge in [-0.2, -0.15) is 0 Å². The molecule has 1 atom stereocenters. The fraction of sp³-hybridized carbons (Fsp3) is 0.533. The second-order valence-corrected chi connectivity index (χ2v) is 4.86. The van der Waals surface area contributed by atoms with Gasteiger partial charge in [0, 0.05) is 6.04 Å². The summed E-state index contributed by atoms with van der Waals surface area (Å²) < 4.78 is 10.7. The van der Waals surface area contributed by atoms with Crippen molar-refractivity contribution in [2.75, 3.05) is 13.2 Å². The van der Waals surface area contributed by atoms with Crippen LogP contribution in [0.25, 0.3) is 0 Å². The van der Waals surface area contributed by atoms with E-state index in [0.717, 1.165) is 18.4 Å². The Hall–Kier alpha value is -1.59. The molecule has 5 nitrogen and oxygen atoms in total. The Balaban J connectivity index is 1.90. The molecule has 1 aliphatic rings. The number of rotatable bonds is 8. The first-order chi connectivity index (χ1) is 9.72. The number of esters is 1. The van der Waals surface area contributed by atoms with E-state index in [1.165, 1.54) is 0 Å². The molecule has 1 fully saturated rings. The molecular formula is C15H21NO4. The summed E-state index contributed by atoms with van der Waals surface area (Å²) >= 11 is 0. The molecule has 0 saturated heterocycles. The number of aliphatic hydroxyl groups excluding tert-OH is 1. The van der Waals surface area contributed by atoms with Crippen molar-refractivity contribution < 1.29 is 19.4 Å². The molecule has 1 aromatic rings. The molecule has 0 amide bonds. The van der Waals surface area contributed by atoms with Crippen LogP contribution >= 0.6 is 0 Å². The van der Waals surface area contributed by atoms with Crippen LogP contribution in [0.15, 0.2) is 24.3 Å². The van der Waals surface area contributed by atoms with Gasteiger partial charge in [-0.25, -0.2) is 0 Å². The van der Waals surface area contributed by atoms with Crippen molar-refractivity contribution in [1.82, 2.24) is 5.32 Å². The minimum Gasteiger partial charge on any atom is -0.491 e. The maximum absolute atomic E-state index is 11.8. The van der Waals surface area contributed by atoms with Gasteiger partial charge in [0.1, 0.15) is 18.4 Å². The third-order valence-electron chi connectivity index (χ3n) is 3.08. The predicted octanol–water partition coefficient (Wildman–Crippen LogP) is 1.24. The van der Waals surface area contributed by atoms with Gasteiger partial charge >= 0.3 is 5.97 Å². The highest BCUT2D eigenvalue weighted by Gasteiger charge is 2.29. The van der Waals surface area contributed by atoms with Crippen molar-refractivity contribution in [3.05, 3.63) is 29.8 Å². The van der Waals surface area contributed by atoms with Gasteiger partial charge < -0.3 is 14.6 Å². The lowest BCUT2D eigenvalue weighted by Gasteiger charge is -2.17. The molecule has 110 valence electrons. The Bertz CT molecular complexity index is 445. The quantitative estimate of drug-likeness (QED) is 0.701. The number of hydrogen-bond acceptors (Lipinski definition) is 5.